The zero-order valence-electron chi connectivity index (χ0n) is 16.0. The van der Waals surface area contributed by atoms with Crippen LogP contribution >= 0.6 is 0 Å². The summed E-state index contributed by atoms with van der Waals surface area (Å²) in [5.74, 6) is 1.64. The Morgan fingerprint density at radius 2 is 2.07 bits per heavy atom. The third-order valence-electron chi connectivity index (χ3n) is 5.25. The Morgan fingerprint density at radius 1 is 1.21 bits per heavy atom. The number of nitrogens with zero attached hydrogens (tertiary/aromatic N) is 5. The topological polar surface area (TPSA) is 93.8 Å². The van der Waals surface area contributed by atoms with Crippen LogP contribution in [0.4, 0.5) is 0 Å². The van der Waals surface area contributed by atoms with Crippen LogP contribution in [0.5, 0.6) is 0 Å². The molecule has 0 spiro atoms. The number of hydrogen-bond donors (Lipinski definition) is 2. The van der Waals surface area contributed by atoms with Crippen LogP contribution in [0.25, 0.3) is 0 Å². The molecule has 0 saturated carbocycles. The number of carbonyl (C=O) groups is 1. The molecule has 0 radical (unpaired) electrons. The van der Waals surface area contributed by atoms with Gasteiger partial charge in [0, 0.05) is 32.4 Å². The molecule has 1 fully saturated rings. The molecule has 8 nitrogen and oxygen atoms in total. The van der Waals surface area contributed by atoms with Crippen molar-refractivity contribution in [2.75, 3.05) is 26.2 Å². The maximum absolute atomic E-state index is 12.8. The van der Waals surface area contributed by atoms with Crippen molar-refractivity contribution in [2.24, 2.45) is 0 Å². The number of amides is 1. The Labute approximate surface area is 164 Å². The molecule has 8 heteroatoms. The molecule has 1 aliphatic heterocycles. The summed E-state index contributed by atoms with van der Waals surface area (Å²) < 4.78 is 0. The first-order valence-corrected chi connectivity index (χ1v) is 9.65. The van der Waals surface area contributed by atoms with Crippen LogP contribution in [0.2, 0.25) is 0 Å². The number of rotatable bonds is 5. The van der Waals surface area contributed by atoms with Gasteiger partial charge in [0.05, 0.1) is 17.8 Å². The molecule has 1 saturated heterocycles. The van der Waals surface area contributed by atoms with Gasteiger partial charge < -0.3 is 4.90 Å². The number of nitrogens with one attached hydrogen (secondary N) is 2. The number of H-pyrrole nitrogens is 2. The summed E-state index contributed by atoms with van der Waals surface area (Å²) in [6.45, 7) is 4.95. The van der Waals surface area contributed by atoms with Crippen molar-refractivity contribution in [1.29, 1.82) is 0 Å². The van der Waals surface area contributed by atoms with Crippen molar-refractivity contribution in [3.63, 3.8) is 0 Å². The molecule has 3 heterocycles. The fourth-order valence-corrected chi connectivity index (χ4v) is 3.72. The smallest absolute Gasteiger partial charge is 0.257 e. The first kappa shape index (κ1) is 18.4. The van der Waals surface area contributed by atoms with Crippen LogP contribution in [0.3, 0.4) is 0 Å². The fraction of sp³-hybridized carbons (Fsp3) is 0.400. The van der Waals surface area contributed by atoms with E-state index >= 15 is 0 Å². The molecule has 1 aromatic carbocycles. The minimum atomic E-state index is 0.0172. The van der Waals surface area contributed by atoms with Gasteiger partial charge in [0.1, 0.15) is 5.82 Å². The summed E-state index contributed by atoms with van der Waals surface area (Å²) in [6, 6.07) is 10.6. The monoisotopic (exact) mass is 379 g/mol. The van der Waals surface area contributed by atoms with Gasteiger partial charge >= 0.3 is 0 Å². The number of carbonyl (C=O) groups excluding carboxylic acids is 1. The van der Waals surface area contributed by atoms with Crippen LogP contribution in [0.1, 0.15) is 40.0 Å². The van der Waals surface area contributed by atoms with Gasteiger partial charge in [-0.25, -0.2) is 4.98 Å². The molecule has 3 aromatic rings. The summed E-state index contributed by atoms with van der Waals surface area (Å²) >= 11 is 0. The first-order valence-electron chi connectivity index (χ1n) is 9.65. The second-order valence-electron chi connectivity index (χ2n) is 7.13. The predicted molar refractivity (Wildman–Crippen MR) is 105 cm³/mol. The SMILES string of the molecule is Cc1nc(C2CCN(C(=O)c3cn[nH]c3)CCN2CCc2ccccc2)n[nH]1. The highest BCUT2D eigenvalue weighted by Gasteiger charge is 2.30. The summed E-state index contributed by atoms with van der Waals surface area (Å²) in [5.41, 5.74) is 1.91. The molecular weight excluding hydrogens is 354 g/mol. The lowest BCUT2D eigenvalue weighted by Gasteiger charge is -2.27. The minimum Gasteiger partial charge on any atom is -0.337 e. The van der Waals surface area contributed by atoms with Gasteiger partial charge in [-0.1, -0.05) is 30.3 Å². The van der Waals surface area contributed by atoms with Crippen molar-refractivity contribution in [2.45, 2.75) is 25.8 Å². The molecule has 4 rings (SSSR count). The van der Waals surface area contributed by atoms with Crippen molar-refractivity contribution in [3.8, 4) is 0 Å². The van der Waals surface area contributed by atoms with Crippen molar-refractivity contribution < 1.29 is 4.79 Å². The maximum Gasteiger partial charge on any atom is 0.257 e. The van der Waals surface area contributed by atoms with Crippen LogP contribution in [-0.4, -0.2) is 67.3 Å². The fourth-order valence-electron chi connectivity index (χ4n) is 3.72. The van der Waals surface area contributed by atoms with E-state index in [4.69, 9.17) is 0 Å². The van der Waals surface area contributed by atoms with Gasteiger partial charge in [-0.2, -0.15) is 10.2 Å². The van der Waals surface area contributed by atoms with Crippen LogP contribution in [0.15, 0.2) is 42.7 Å². The Balaban J connectivity index is 1.50. The second-order valence-corrected chi connectivity index (χ2v) is 7.13. The van der Waals surface area contributed by atoms with Crippen LogP contribution in [-0.2, 0) is 6.42 Å². The summed E-state index contributed by atoms with van der Waals surface area (Å²) in [7, 11) is 0. The largest absolute Gasteiger partial charge is 0.337 e. The van der Waals surface area contributed by atoms with Crippen molar-refractivity contribution in [1.82, 2.24) is 35.2 Å². The average molecular weight is 379 g/mol. The minimum absolute atomic E-state index is 0.0172. The zero-order valence-corrected chi connectivity index (χ0v) is 16.0. The standard InChI is InChI=1S/C20H25N7O/c1-15-23-19(25-24-15)18-8-10-27(20(28)17-13-21-22-14-17)12-11-26(18)9-7-16-5-3-2-4-6-16/h2-6,13-14,18H,7-12H2,1H3,(H,21,22)(H,23,24,25). The van der Waals surface area contributed by atoms with Gasteiger partial charge in [-0.15, -0.1) is 0 Å². The molecule has 1 amide bonds. The first-order chi connectivity index (χ1) is 13.7. The third-order valence-corrected chi connectivity index (χ3v) is 5.25. The molecule has 146 valence electrons. The molecular formula is C20H25N7O. The second kappa shape index (κ2) is 8.35. The average Bonchev–Trinajstić information content (AvgIpc) is 3.35. The highest BCUT2D eigenvalue weighted by molar-refractivity contribution is 5.93. The van der Waals surface area contributed by atoms with Gasteiger partial charge in [0.25, 0.3) is 5.91 Å². The highest BCUT2D eigenvalue weighted by Crippen LogP contribution is 2.25. The van der Waals surface area contributed by atoms with E-state index in [2.05, 4.69) is 54.5 Å². The van der Waals surface area contributed by atoms with E-state index in [1.54, 1.807) is 12.4 Å². The van der Waals surface area contributed by atoms with E-state index in [0.29, 0.717) is 18.7 Å². The molecule has 1 unspecified atom stereocenters. The molecule has 28 heavy (non-hydrogen) atoms. The molecule has 2 N–H and O–H groups in total. The van der Waals surface area contributed by atoms with Gasteiger partial charge in [-0.05, 0) is 25.3 Å². The van der Waals surface area contributed by atoms with Crippen LogP contribution in [0, 0.1) is 6.92 Å². The molecule has 2 aromatic heterocycles. The third kappa shape index (κ3) is 4.12. The quantitative estimate of drug-likeness (QED) is 0.707. The summed E-state index contributed by atoms with van der Waals surface area (Å²) in [4.78, 5) is 21.6. The van der Waals surface area contributed by atoms with E-state index in [1.807, 2.05) is 17.9 Å². The number of aromatic amines is 2. The summed E-state index contributed by atoms with van der Waals surface area (Å²) in [6.07, 6.45) is 4.99. The van der Waals surface area contributed by atoms with Crippen molar-refractivity contribution in [3.05, 3.63) is 65.5 Å². The zero-order chi connectivity index (χ0) is 19.3. The van der Waals surface area contributed by atoms with E-state index < -0.39 is 0 Å². The Hall–Kier alpha value is -3.00. The lowest BCUT2D eigenvalue weighted by Crippen LogP contribution is -2.36. The molecule has 0 aliphatic carbocycles. The Bertz CT molecular complexity index is 890. The number of aromatic nitrogens is 5. The predicted octanol–water partition coefficient (Wildman–Crippen LogP) is 1.97. The summed E-state index contributed by atoms with van der Waals surface area (Å²) in [5, 5.41) is 14.0. The van der Waals surface area contributed by atoms with Gasteiger partial charge in [0.2, 0.25) is 0 Å². The molecule has 1 aliphatic rings. The van der Waals surface area contributed by atoms with Gasteiger partial charge in [-0.3, -0.25) is 19.9 Å². The molecule has 0 bridgehead atoms. The molecule has 1 atom stereocenters. The maximum atomic E-state index is 12.8. The Kier molecular flexibility index (Phi) is 5.48. The van der Waals surface area contributed by atoms with E-state index in [1.165, 1.54) is 5.56 Å². The number of aryl methyl sites for hydroxylation is 1. The Morgan fingerprint density at radius 3 is 2.79 bits per heavy atom. The van der Waals surface area contributed by atoms with Crippen molar-refractivity contribution >= 4 is 5.91 Å². The highest BCUT2D eigenvalue weighted by atomic mass is 16.2. The van der Waals surface area contributed by atoms with E-state index in [-0.39, 0.29) is 11.9 Å². The van der Waals surface area contributed by atoms with E-state index in [9.17, 15) is 4.79 Å². The van der Waals surface area contributed by atoms with Crippen LogP contribution < -0.4 is 0 Å². The normalized spacial score (nSPS) is 18.2. The number of hydrogen-bond acceptors (Lipinski definition) is 5. The van der Waals surface area contributed by atoms with E-state index in [0.717, 1.165) is 37.6 Å². The number of benzene rings is 1. The lowest BCUT2D eigenvalue weighted by atomic mass is 10.1. The lowest BCUT2D eigenvalue weighted by molar-refractivity contribution is 0.0761. The van der Waals surface area contributed by atoms with Gasteiger partial charge in [0.15, 0.2) is 5.82 Å².